The molecule has 13 heavy (non-hydrogen) atoms. The average Bonchev–Trinajstić information content (AvgIpc) is 2.09. The lowest BCUT2D eigenvalue weighted by molar-refractivity contribution is -0.385. The highest BCUT2D eigenvalue weighted by Crippen LogP contribution is 2.23. The van der Waals surface area contributed by atoms with Crippen LogP contribution in [-0.2, 0) is 5.88 Å². The molecule has 0 bridgehead atoms. The van der Waals surface area contributed by atoms with E-state index in [2.05, 4.69) is 0 Å². The predicted molar refractivity (Wildman–Crippen MR) is 52.1 cm³/mol. The van der Waals surface area contributed by atoms with E-state index in [0.717, 1.165) is 11.1 Å². The maximum atomic E-state index is 10.6. The quantitative estimate of drug-likeness (QED) is 0.418. The molecule has 0 aromatic heterocycles. The molecule has 0 saturated carbocycles. The minimum atomic E-state index is -0.377. The van der Waals surface area contributed by atoms with E-state index in [1.165, 1.54) is 6.07 Å². The molecule has 0 heterocycles. The summed E-state index contributed by atoms with van der Waals surface area (Å²) in [5, 5.41) is 10.6. The van der Waals surface area contributed by atoms with Crippen LogP contribution in [0.1, 0.15) is 16.7 Å². The Kier molecular flexibility index (Phi) is 2.88. The Labute approximate surface area is 81.5 Å². The predicted octanol–water partition coefficient (Wildman–Crippen LogP) is 2.95. The van der Waals surface area contributed by atoms with Crippen LogP contribution in [0.25, 0.3) is 0 Å². The van der Waals surface area contributed by atoms with Gasteiger partial charge in [0.2, 0.25) is 0 Å². The smallest absolute Gasteiger partial charge is 0.258 e. The van der Waals surface area contributed by atoms with Gasteiger partial charge in [-0.3, -0.25) is 10.1 Å². The summed E-state index contributed by atoms with van der Waals surface area (Å²) in [6.45, 7) is 3.59. The van der Waals surface area contributed by atoms with Crippen LogP contribution in [0, 0.1) is 24.0 Å². The van der Waals surface area contributed by atoms with Crippen LogP contribution in [0.5, 0.6) is 0 Å². The zero-order chi connectivity index (χ0) is 10.0. The van der Waals surface area contributed by atoms with Crippen molar-refractivity contribution in [3.05, 3.63) is 38.9 Å². The van der Waals surface area contributed by atoms with Crippen molar-refractivity contribution >= 4 is 17.3 Å². The average molecular weight is 200 g/mol. The number of nitrogens with zero attached hydrogens (tertiary/aromatic N) is 1. The second-order valence-electron chi connectivity index (χ2n) is 2.95. The number of halogens is 1. The SMILES string of the molecule is Cc1cc(CCl)cc([N+](=O)[O-])c1C. The normalized spacial score (nSPS) is 10.1. The number of nitro benzene ring substituents is 1. The van der Waals surface area contributed by atoms with Gasteiger partial charge in [0.05, 0.1) is 4.92 Å². The van der Waals surface area contributed by atoms with Gasteiger partial charge >= 0.3 is 0 Å². The van der Waals surface area contributed by atoms with Gasteiger partial charge in [-0.2, -0.15) is 0 Å². The van der Waals surface area contributed by atoms with E-state index in [0.29, 0.717) is 11.4 Å². The molecular weight excluding hydrogens is 190 g/mol. The third kappa shape index (κ3) is 1.98. The third-order valence-electron chi connectivity index (χ3n) is 2.05. The summed E-state index contributed by atoms with van der Waals surface area (Å²) in [4.78, 5) is 10.2. The number of alkyl halides is 1. The third-order valence-corrected chi connectivity index (χ3v) is 2.36. The van der Waals surface area contributed by atoms with E-state index in [1.54, 1.807) is 6.92 Å². The Morgan fingerprint density at radius 3 is 2.54 bits per heavy atom. The fourth-order valence-electron chi connectivity index (χ4n) is 1.18. The molecule has 0 amide bonds. The van der Waals surface area contributed by atoms with Crippen LogP contribution in [0.15, 0.2) is 12.1 Å². The summed E-state index contributed by atoms with van der Waals surface area (Å²) in [6, 6.07) is 3.39. The molecule has 3 nitrogen and oxygen atoms in total. The highest BCUT2D eigenvalue weighted by Gasteiger charge is 2.13. The van der Waals surface area contributed by atoms with Gasteiger partial charge in [0.15, 0.2) is 0 Å². The van der Waals surface area contributed by atoms with E-state index < -0.39 is 0 Å². The fourth-order valence-corrected chi connectivity index (χ4v) is 1.33. The largest absolute Gasteiger partial charge is 0.272 e. The summed E-state index contributed by atoms with van der Waals surface area (Å²) >= 11 is 5.61. The Morgan fingerprint density at radius 1 is 1.46 bits per heavy atom. The zero-order valence-electron chi connectivity index (χ0n) is 7.50. The minimum Gasteiger partial charge on any atom is -0.258 e. The molecule has 70 valence electrons. The number of nitro groups is 1. The van der Waals surface area contributed by atoms with Crippen LogP contribution in [0.2, 0.25) is 0 Å². The standard InChI is InChI=1S/C9H10ClNO2/c1-6-3-8(5-10)4-9(7(6)2)11(12)13/h3-4H,5H2,1-2H3. The highest BCUT2D eigenvalue weighted by atomic mass is 35.5. The van der Waals surface area contributed by atoms with E-state index in [-0.39, 0.29) is 10.6 Å². The van der Waals surface area contributed by atoms with Crippen LogP contribution in [0.4, 0.5) is 5.69 Å². The first kappa shape index (κ1) is 9.99. The molecule has 1 aromatic rings. The minimum absolute atomic E-state index is 0.149. The van der Waals surface area contributed by atoms with Crippen molar-refractivity contribution in [3.8, 4) is 0 Å². The molecule has 0 fully saturated rings. The first-order chi connectivity index (χ1) is 6.06. The van der Waals surface area contributed by atoms with Gasteiger partial charge in [-0.25, -0.2) is 0 Å². The monoisotopic (exact) mass is 199 g/mol. The summed E-state index contributed by atoms with van der Waals surface area (Å²) in [6.07, 6.45) is 0. The van der Waals surface area contributed by atoms with Gasteiger partial charge in [-0.05, 0) is 25.0 Å². The van der Waals surface area contributed by atoms with Crippen LogP contribution >= 0.6 is 11.6 Å². The molecule has 0 unspecified atom stereocenters. The number of hydrogen-bond donors (Lipinski definition) is 0. The molecule has 0 saturated heterocycles. The lowest BCUT2D eigenvalue weighted by Crippen LogP contribution is -1.95. The highest BCUT2D eigenvalue weighted by molar-refractivity contribution is 6.17. The van der Waals surface area contributed by atoms with Gasteiger partial charge < -0.3 is 0 Å². The molecule has 0 radical (unpaired) electrons. The maximum absolute atomic E-state index is 10.6. The Balaban J connectivity index is 3.33. The first-order valence-corrected chi connectivity index (χ1v) is 4.40. The second-order valence-corrected chi connectivity index (χ2v) is 3.21. The molecule has 1 aromatic carbocycles. The molecule has 0 N–H and O–H groups in total. The van der Waals surface area contributed by atoms with Crippen LogP contribution in [-0.4, -0.2) is 4.92 Å². The van der Waals surface area contributed by atoms with Crippen molar-refractivity contribution in [2.75, 3.05) is 0 Å². The van der Waals surface area contributed by atoms with Gasteiger partial charge in [0, 0.05) is 17.5 Å². The van der Waals surface area contributed by atoms with Crippen molar-refractivity contribution in [2.24, 2.45) is 0 Å². The number of rotatable bonds is 2. The van der Waals surface area contributed by atoms with E-state index in [1.807, 2.05) is 13.0 Å². The number of hydrogen-bond acceptors (Lipinski definition) is 2. The van der Waals surface area contributed by atoms with Crippen molar-refractivity contribution < 1.29 is 4.92 Å². The van der Waals surface area contributed by atoms with Gasteiger partial charge in [-0.15, -0.1) is 11.6 Å². The van der Waals surface area contributed by atoms with Gasteiger partial charge in [-0.1, -0.05) is 6.07 Å². The van der Waals surface area contributed by atoms with E-state index >= 15 is 0 Å². The molecule has 0 aliphatic carbocycles. The molecular formula is C9H10ClNO2. The summed E-state index contributed by atoms with van der Waals surface area (Å²) in [5.74, 6) is 0.308. The molecule has 0 atom stereocenters. The van der Waals surface area contributed by atoms with Crippen LogP contribution in [0.3, 0.4) is 0 Å². The Bertz CT molecular complexity index is 350. The first-order valence-electron chi connectivity index (χ1n) is 3.86. The van der Waals surface area contributed by atoms with Crippen LogP contribution < -0.4 is 0 Å². The molecule has 0 aliphatic rings. The maximum Gasteiger partial charge on any atom is 0.272 e. The lowest BCUT2D eigenvalue weighted by atomic mass is 10.1. The van der Waals surface area contributed by atoms with Crippen molar-refractivity contribution in [1.82, 2.24) is 0 Å². The number of aryl methyl sites for hydroxylation is 1. The summed E-state index contributed by atoms with van der Waals surface area (Å²) in [5.41, 5.74) is 2.55. The lowest BCUT2D eigenvalue weighted by Gasteiger charge is -2.03. The molecule has 4 heteroatoms. The summed E-state index contributed by atoms with van der Waals surface area (Å²) < 4.78 is 0. The fraction of sp³-hybridized carbons (Fsp3) is 0.333. The van der Waals surface area contributed by atoms with E-state index in [4.69, 9.17) is 11.6 Å². The Morgan fingerprint density at radius 2 is 2.08 bits per heavy atom. The summed E-state index contributed by atoms with van der Waals surface area (Å²) in [7, 11) is 0. The molecule has 1 rings (SSSR count). The molecule has 0 aliphatic heterocycles. The second kappa shape index (κ2) is 3.75. The van der Waals surface area contributed by atoms with Gasteiger partial charge in [0.25, 0.3) is 5.69 Å². The number of benzene rings is 1. The van der Waals surface area contributed by atoms with Crippen molar-refractivity contribution in [3.63, 3.8) is 0 Å². The molecule has 0 spiro atoms. The van der Waals surface area contributed by atoms with Crippen molar-refractivity contribution in [2.45, 2.75) is 19.7 Å². The van der Waals surface area contributed by atoms with E-state index in [9.17, 15) is 10.1 Å². The Hall–Kier alpha value is -1.09. The van der Waals surface area contributed by atoms with Gasteiger partial charge in [0.1, 0.15) is 0 Å². The topological polar surface area (TPSA) is 43.1 Å². The zero-order valence-corrected chi connectivity index (χ0v) is 8.26. The van der Waals surface area contributed by atoms with Crippen molar-refractivity contribution in [1.29, 1.82) is 0 Å².